The number of sulfonamides is 1. The van der Waals surface area contributed by atoms with Gasteiger partial charge in [-0.25, -0.2) is 18.2 Å². The molecule has 0 spiro atoms. The predicted molar refractivity (Wildman–Crippen MR) is 75.0 cm³/mol. The number of nitrogens with zero attached hydrogens (tertiary/aromatic N) is 1. The SMILES string of the molecule is COc1ccc(S(=O)(=O)Nc2ccc(C(=O)O)cc2)cn1. The first-order chi connectivity index (χ1) is 9.92. The van der Waals surface area contributed by atoms with Gasteiger partial charge >= 0.3 is 5.97 Å². The summed E-state index contributed by atoms with van der Waals surface area (Å²) in [7, 11) is -2.36. The zero-order valence-corrected chi connectivity index (χ0v) is 11.8. The van der Waals surface area contributed by atoms with E-state index < -0.39 is 16.0 Å². The van der Waals surface area contributed by atoms with Crippen LogP contribution in [0.3, 0.4) is 0 Å². The highest BCUT2D eigenvalue weighted by molar-refractivity contribution is 7.92. The minimum atomic E-state index is -3.79. The summed E-state index contributed by atoms with van der Waals surface area (Å²) in [4.78, 5) is 14.5. The molecule has 0 radical (unpaired) electrons. The van der Waals surface area contributed by atoms with E-state index in [4.69, 9.17) is 9.84 Å². The van der Waals surface area contributed by atoms with E-state index in [9.17, 15) is 13.2 Å². The molecule has 2 aromatic rings. The number of nitrogens with one attached hydrogen (secondary N) is 1. The Morgan fingerprint density at radius 2 is 1.86 bits per heavy atom. The molecule has 0 atom stereocenters. The molecule has 0 bridgehead atoms. The van der Waals surface area contributed by atoms with Crippen LogP contribution in [0.1, 0.15) is 10.4 Å². The van der Waals surface area contributed by atoms with Crippen LogP contribution < -0.4 is 9.46 Å². The van der Waals surface area contributed by atoms with Crippen LogP contribution in [0.5, 0.6) is 5.88 Å². The van der Waals surface area contributed by atoms with Crippen LogP contribution in [0.4, 0.5) is 5.69 Å². The van der Waals surface area contributed by atoms with Gasteiger partial charge in [-0.15, -0.1) is 0 Å². The van der Waals surface area contributed by atoms with E-state index in [-0.39, 0.29) is 16.1 Å². The predicted octanol–water partition coefficient (Wildman–Crippen LogP) is 1.59. The lowest BCUT2D eigenvalue weighted by Crippen LogP contribution is -2.13. The number of methoxy groups -OCH3 is 1. The largest absolute Gasteiger partial charge is 0.481 e. The Bertz CT molecular complexity index is 739. The van der Waals surface area contributed by atoms with E-state index in [2.05, 4.69) is 9.71 Å². The van der Waals surface area contributed by atoms with Crippen LogP contribution in [0.2, 0.25) is 0 Å². The van der Waals surface area contributed by atoms with Gasteiger partial charge in [-0.2, -0.15) is 0 Å². The van der Waals surface area contributed by atoms with Crippen molar-refractivity contribution in [2.75, 3.05) is 11.8 Å². The van der Waals surface area contributed by atoms with E-state index in [0.717, 1.165) is 0 Å². The van der Waals surface area contributed by atoms with Crippen molar-refractivity contribution in [3.8, 4) is 5.88 Å². The maximum atomic E-state index is 12.1. The van der Waals surface area contributed by atoms with Crippen LogP contribution in [0, 0.1) is 0 Å². The normalized spacial score (nSPS) is 10.9. The molecule has 0 saturated heterocycles. The number of anilines is 1. The monoisotopic (exact) mass is 308 g/mol. The molecule has 8 heteroatoms. The summed E-state index contributed by atoms with van der Waals surface area (Å²) in [5.74, 6) is -0.775. The van der Waals surface area contributed by atoms with Crippen molar-refractivity contribution in [3.05, 3.63) is 48.2 Å². The van der Waals surface area contributed by atoms with E-state index in [1.807, 2.05) is 0 Å². The van der Waals surface area contributed by atoms with E-state index in [0.29, 0.717) is 5.88 Å². The summed E-state index contributed by atoms with van der Waals surface area (Å²) in [5, 5.41) is 8.78. The van der Waals surface area contributed by atoms with Crippen molar-refractivity contribution in [2.24, 2.45) is 0 Å². The number of ether oxygens (including phenoxy) is 1. The smallest absolute Gasteiger partial charge is 0.335 e. The standard InChI is InChI=1S/C13H12N2O5S/c1-20-12-7-6-11(8-14-12)21(18,19)15-10-4-2-9(3-5-10)13(16)17/h2-8,15H,1H3,(H,16,17). The van der Waals surface area contributed by atoms with Gasteiger partial charge in [0.1, 0.15) is 4.90 Å². The summed E-state index contributed by atoms with van der Waals surface area (Å²) in [6.45, 7) is 0. The third-order valence-corrected chi connectivity index (χ3v) is 3.98. The van der Waals surface area contributed by atoms with Gasteiger partial charge in [-0.3, -0.25) is 4.72 Å². The second kappa shape index (κ2) is 5.80. The molecule has 1 aromatic carbocycles. The topological polar surface area (TPSA) is 106 Å². The second-order valence-corrected chi connectivity index (χ2v) is 5.71. The van der Waals surface area contributed by atoms with Crippen molar-refractivity contribution in [1.82, 2.24) is 4.98 Å². The molecule has 0 unspecified atom stereocenters. The van der Waals surface area contributed by atoms with Crippen LogP contribution in [0.15, 0.2) is 47.5 Å². The maximum absolute atomic E-state index is 12.1. The Morgan fingerprint density at radius 3 is 2.33 bits per heavy atom. The van der Waals surface area contributed by atoms with Crippen LogP contribution in [-0.2, 0) is 10.0 Å². The van der Waals surface area contributed by atoms with Crippen molar-refractivity contribution < 1.29 is 23.1 Å². The number of carboxylic acids is 1. The summed E-state index contributed by atoms with van der Waals surface area (Å²) in [6, 6.07) is 8.16. The maximum Gasteiger partial charge on any atom is 0.335 e. The number of pyridine rings is 1. The Morgan fingerprint density at radius 1 is 1.19 bits per heavy atom. The lowest BCUT2D eigenvalue weighted by atomic mass is 10.2. The number of aromatic nitrogens is 1. The first-order valence-electron chi connectivity index (χ1n) is 5.78. The number of rotatable bonds is 5. The molecule has 0 fully saturated rings. The summed E-state index contributed by atoms with van der Waals surface area (Å²) < 4.78 is 31.4. The van der Waals surface area contributed by atoms with E-state index >= 15 is 0 Å². The van der Waals surface area contributed by atoms with Gasteiger partial charge in [0.05, 0.1) is 18.9 Å². The minimum Gasteiger partial charge on any atom is -0.481 e. The number of aromatic carboxylic acids is 1. The Hall–Kier alpha value is -2.61. The van der Waals surface area contributed by atoms with Gasteiger partial charge in [0.15, 0.2) is 0 Å². The lowest BCUT2D eigenvalue weighted by Gasteiger charge is -2.08. The van der Waals surface area contributed by atoms with Crippen molar-refractivity contribution in [1.29, 1.82) is 0 Å². The van der Waals surface area contributed by atoms with Gasteiger partial charge < -0.3 is 9.84 Å². The second-order valence-electron chi connectivity index (χ2n) is 4.02. The molecule has 0 amide bonds. The van der Waals surface area contributed by atoms with E-state index in [1.54, 1.807) is 0 Å². The van der Waals surface area contributed by atoms with E-state index in [1.165, 1.54) is 49.7 Å². The Labute approximate surface area is 121 Å². The van der Waals surface area contributed by atoms with Gasteiger partial charge in [0.2, 0.25) is 5.88 Å². The zero-order chi connectivity index (χ0) is 15.5. The Balaban J connectivity index is 2.21. The van der Waals surface area contributed by atoms with Gasteiger partial charge in [-0.05, 0) is 30.3 Å². The number of carbonyl (C=O) groups is 1. The highest BCUT2D eigenvalue weighted by atomic mass is 32.2. The molecular weight excluding hydrogens is 296 g/mol. The fraction of sp³-hybridized carbons (Fsp3) is 0.0769. The molecule has 0 aliphatic rings. The average molecular weight is 308 g/mol. The quantitative estimate of drug-likeness (QED) is 0.869. The fourth-order valence-corrected chi connectivity index (χ4v) is 2.54. The van der Waals surface area contributed by atoms with Gasteiger partial charge in [-0.1, -0.05) is 0 Å². The number of hydrogen-bond donors (Lipinski definition) is 2. The first kappa shape index (κ1) is 14.8. The summed E-state index contributed by atoms with van der Waals surface area (Å²) in [5.41, 5.74) is 0.333. The minimum absolute atomic E-state index is 0.0226. The van der Waals surface area contributed by atoms with Crippen LogP contribution in [-0.4, -0.2) is 31.6 Å². The number of carboxylic acid groups (broad SMARTS) is 1. The zero-order valence-electron chi connectivity index (χ0n) is 11.0. The molecule has 0 aliphatic heterocycles. The molecule has 1 aromatic heterocycles. The van der Waals surface area contributed by atoms with Crippen molar-refractivity contribution >= 4 is 21.7 Å². The van der Waals surface area contributed by atoms with Crippen molar-refractivity contribution in [3.63, 3.8) is 0 Å². The lowest BCUT2D eigenvalue weighted by molar-refractivity contribution is 0.0697. The van der Waals surface area contributed by atoms with Crippen LogP contribution in [0.25, 0.3) is 0 Å². The van der Waals surface area contributed by atoms with Gasteiger partial charge in [0, 0.05) is 11.8 Å². The highest BCUT2D eigenvalue weighted by Crippen LogP contribution is 2.17. The molecule has 0 aliphatic carbocycles. The Kier molecular flexibility index (Phi) is 4.08. The molecule has 110 valence electrons. The molecule has 2 N–H and O–H groups in total. The third-order valence-electron chi connectivity index (χ3n) is 2.61. The molecular formula is C13H12N2O5S. The van der Waals surface area contributed by atoms with Crippen LogP contribution >= 0.6 is 0 Å². The fourth-order valence-electron chi connectivity index (χ4n) is 1.54. The molecule has 2 rings (SSSR count). The number of benzene rings is 1. The summed E-state index contributed by atoms with van der Waals surface area (Å²) >= 11 is 0. The number of hydrogen-bond acceptors (Lipinski definition) is 5. The molecule has 1 heterocycles. The molecule has 7 nitrogen and oxygen atoms in total. The van der Waals surface area contributed by atoms with Crippen molar-refractivity contribution in [2.45, 2.75) is 4.90 Å². The molecule has 0 saturated carbocycles. The highest BCUT2D eigenvalue weighted by Gasteiger charge is 2.15. The average Bonchev–Trinajstić information content (AvgIpc) is 2.47. The van der Waals surface area contributed by atoms with Gasteiger partial charge in [0.25, 0.3) is 10.0 Å². The first-order valence-corrected chi connectivity index (χ1v) is 7.27. The molecule has 21 heavy (non-hydrogen) atoms. The third kappa shape index (κ3) is 3.48. The summed E-state index contributed by atoms with van der Waals surface area (Å²) in [6.07, 6.45) is 1.17.